The molecule has 2 aromatic heterocycles. The van der Waals surface area contributed by atoms with Gasteiger partial charge in [-0.1, -0.05) is 0 Å². The van der Waals surface area contributed by atoms with E-state index in [1.54, 1.807) is 48.7 Å². The number of aryl methyl sites for hydroxylation is 1. The molecule has 4 rings (SSSR count). The third-order valence-corrected chi connectivity index (χ3v) is 4.71. The fraction of sp³-hybridized carbons (Fsp3) is 0.105. The maximum absolute atomic E-state index is 11.3. The monoisotopic (exact) mass is 426 g/mol. The molecule has 2 aromatic carbocycles. The van der Waals surface area contributed by atoms with Crippen molar-refractivity contribution < 1.29 is 12.8 Å². The molecule has 0 atom stereocenters. The maximum Gasteiger partial charge on any atom is 0.417 e. The predicted molar refractivity (Wildman–Crippen MR) is 115 cm³/mol. The Labute approximate surface area is 171 Å². The zero-order chi connectivity index (χ0) is 21.3. The minimum Gasteiger partial charge on any atom is -0.408 e. The second kappa shape index (κ2) is 7.52. The summed E-state index contributed by atoms with van der Waals surface area (Å²) in [5.41, 5.74) is 3.73. The summed E-state index contributed by atoms with van der Waals surface area (Å²) in [6.45, 7) is 1.87. The van der Waals surface area contributed by atoms with Crippen LogP contribution in [0.5, 0.6) is 0 Å². The molecular formula is C19H18N6O4S. The lowest BCUT2D eigenvalue weighted by Crippen LogP contribution is -2.09. The van der Waals surface area contributed by atoms with Gasteiger partial charge in [-0.05, 0) is 43.3 Å². The summed E-state index contributed by atoms with van der Waals surface area (Å²) in [5, 5.41) is 6.27. The molecule has 10 nitrogen and oxygen atoms in total. The Balaban J connectivity index is 1.53. The van der Waals surface area contributed by atoms with Gasteiger partial charge >= 0.3 is 5.76 Å². The first-order chi connectivity index (χ1) is 14.2. The topological polar surface area (TPSA) is 142 Å². The highest BCUT2D eigenvalue weighted by atomic mass is 32.2. The lowest BCUT2D eigenvalue weighted by Gasteiger charge is -2.11. The molecule has 0 aliphatic rings. The van der Waals surface area contributed by atoms with Gasteiger partial charge in [-0.15, -0.1) is 0 Å². The average Bonchev–Trinajstić information content (AvgIpc) is 3.04. The first kappa shape index (κ1) is 19.5. The van der Waals surface area contributed by atoms with Crippen molar-refractivity contribution in [3.63, 3.8) is 0 Å². The molecule has 0 fully saturated rings. The molecule has 0 bridgehead atoms. The number of nitrogens with zero attached hydrogens (tertiary/aromatic N) is 2. The van der Waals surface area contributed by atoms with Crippen molar-refractivity contribution in [2.75, 3.05) is 21.6 Å². The molecule has 154 valence electrons. The largest absolute Gasteiger partial charge is 0.417 e. The van der Waals surface area contributed by atoms with E-state index in [4.69, 9.17) is 4.42 Å². The minimum atomic E-state index is -3.33. The molecule has 11 heteroatoms. The van der Waals surface area contributed by atoms with Gasteiger partial charge in [0.2, 0.25) is 16.0 Å². The summed E-state index contributed by atoms with van der Waals surface area (Å²) in [4.78, 5) is 22.7. The van der Waals surface area contributed by atoms with Gasteiger partial charge in [-0.25, -0.2) is 18.2 Å². The zero-order valence-corrected chi connectivity index (χ0v) is 16.9. The van der Waals surface area contributed by atoms with Crippen LogP contribution in [0.4, 0.5) is 28.8 Å². The Hall–Kier alpha value is -3.86. The molecule has 2 heterocycles. The third-order valence-electron chi connectivity index (χ3n) is 4.10. The molecule has 30 heavy (non-hydrogen) atoms. The molecule has 0 saturated heterocycles. The number of fused-ring (bicyclic) bond motifs is 1. The average molecular weight is 426 g/mol. The van der Waals surface area contributed by atoms with E-state index in [0.717, 1.165) is 11.8 Å². The van der Waals surface area contributed by atoms with Crippen LogP contribution < -0.4 is 21.1 Å². The second-order valence-electron chi connectivity index (χ2n) is 6.65. The van der Waals surface area contributed by atoms with Crippen LogP contribution in [0.15, 0.2) is 57.9 Å². The SMILES string of the molecule is Cc1cnc(Nc2ccc(NS(C)(=O)=O)cc2)nc1Nc1ccc2[nH]c(=O)oc2c1. The van der Waals surface area contributed by atoms with Crippen LogP contribution >= 0.6 is 0 Å². The van der Waals surface area contributed by atoms with E-state index in [1.807, 2.05) is 6.92 Å². The van der Waals surface area contributed by atoms with E-state index in [0.29, 0.717) is 39.9 Å². The van der Waals surface area contributed by atoms with Crippen LogP contribution in [-0.2, 0) is 10.0 Å². The van der Waals surface area contributed by atoms with Gasteiger partial charge in [-0.3, -0.25) is 9.71 Å². The smallest absolute Gasteiger partial charge is 0.408 e. The number of anilines is 5. The fourth-order valence-electron chi connectivity index (χ4n) is 2.75. The molecule has 4 N–H and O–H groups in total. The minimum absolute atomic E-state index is 0.362. The summed E-state index contributed by atoms with van der Waals surface area (Å²) in [6.07, 6.45) is 2.77. The van der Waals surface area contributed by atoms with Crippen LogP contribution in [0.25, 0.3) is 11.1 Å². The molecule has 0 unspecified atom stereocenters. The van der Waals surface area contributed by atoms with Crippen LogP contribution in [0.2, 0.25) is 0 Å². The van der Waals surface area contributed by atoms with E-state index in [2.05, 4.69) is 30.3 Å². The quantitative estimate of drug-likeness (QED) is 0.368. The number of benzene rings is 2. The highest BCUT2D eigenvalue weighted by molar-refractivity contribution is 7.92. The first-order valence-corrected chi connectivity index (χ1v) is 10.7. The lowest BCUT2D eigenvalue weighted by molar-refractivity contribution is 0.555. The third kappa shape index (κ3) is 4.58. The van der Waals surface area contributed by atoms with Crippen molar-refractivity contribution in [3.05, 3.63) is 64.8 Å². The standard InChI is InChI=1S/C19H18N6O4S/c1-11-10-20-18(22-12-3-5-13(6-4-12)25-30(2,27)28)24-17(11)21-14-7-8-15-16(9-14)29-19(26)23-15/h3-10,25H,1-2H3,(H,23,26)(H2,20,21,22,24). The van der Waals surface area contributed by atoms with E-state index in [9.17, 15) is 13.2 Å². The van der Waals surface area contributed by atoms with Crippen LogP contribution in [0, 0.1) is 6.92 Å². The Kier molecular flexibility index (Phi) is 4.88. The van der Waals surface area contributed by atoms with Crippen LogP contribution in [0.3, 0.4) is 0 Å². The Morgan fingerprint density at radius 3 is 2.43 bits per heavy atom. The first-order valence-electron chi connectivity index (χ1n) is 8.84. The number of aromatic nitrogens is 3. The van der Waals surface area contributed by atoms with Crippen molar-refractivity contribution in [3.8, 4) is 0 Å². The normalized spacial score (nSPS) is 11.4. The fourth-order valence-corrected chi connectivity index (χ4v) is 3.32. The number of hydrogen-bond acceptors (Lipinski definition) is 8. The lowest BCUT2D eigenvalue weighted by atomic mass is 10.2. The predicted octanol–water partition coefficient (Wildman–Crippen LogP) is 3.08. The molecule has 4 aromatic rings. The summed E-state index contributed by atoms with van der Waals surface area (Å²) in [6, 6.07) is 11.9. The van der Waals surface area contributed by atoms with Gasteiger partial charge in [0.05, 0.1) is 11.8 Å². The van der Waals surface area contributed by atoms with Crippen molar-refractivity contribution in [1.29, 1.82) is 0 Å². The number of rotatable bonds is 6. The maximum atomic E-state index is 11.3. The van der Waals surface area contributed by atoms with Gasteiger partial charge in [-0.2, -0.15) is 4.98 Å². The van der Waals surface area contributed by atoms with Crippen molar-refractivity contribution in [2.24, 2.45) is 0 Å². The Morgan fingerprint density at radius 1 is 1.00 bits per heavy atom. The summed E-state index contributed by atoms with van der Waals surface area (Å²) < 4.78 is 30.1. The summed E-state index contributed by atoms with van der Waals surface area (Å²) in [7, 11) is -3.33. The zero-order valence-electron chi connectivity index (χ0n) is 16.1. The van der Waals surface area contributed by atoms with E-state index >= 15 is 0 Å². The second-order valence-corrected chi connectivity index (χ2v) is 8.40. The number of H-pyrrole nitrogens is 1. The Morgan fingerprint density at radius 2 is 1.70 bits per heavy atom. The van der Waals surface area contributed by atoms with Gasteiger partial charge in [0.1, 0.15) is 5.82 Å². The summed E-state index contributed by atoms with van der Waals surface area (Å²) in [5.74, 6) is 0.436. The number of oxazole rings is 1. The molecule has 0 radical (unpaired) electrons. The van der Waals surface area contributed by atoms with Gasteiger partial charge in [0.15, 0.2) is 5.58 Å². The van der Waals surface area contributed by atoms with Gasteiger partial charge < -0.3 is 15.1 Å². The Bertz CT molecular complexity index is 1380. The van der Waals surface area contributed by atoms with Crippen molar-refractivity contribution in [2.45, 2.75) is 6.92 Å². The van der Waals surface area contributed by atoms with E-state index in [1.165, 1.54) is 0 Å². The molecule has 0 spiro atoms. The highest BCUT2D eigenvalue weighted by Gasteiger charge is 2.08. The number of hydrogen-bond donors (Lipinski definition) is 4. The number of aromatic amines is 1. The summed E-state index contributed by atoms with van der Waals surface area (Å²) >= 11 is 0. The number of nitrogens with one attached hydrogen (secondary N) is 4. The van der Waals surface area contributed by atoms with Crippen LogP contribution in [0.1, 0.15) is 5.56 Å². The van der Waals surface area contributed by atoms with Gasteiger partial charge in [0, 0.05) is 34.9 Å². The molecular weight excluding hydrogens is 408 g/mol. The van der Waals surface area contributed by atoms with Gasteiger partial charge in [0.25, 0.3) is 0 Å². The van der Waals surface area contributed by atoms with Crippen molar-refractivity contribution >= 4 is 50.0 Å². The highest BCUT2D eigenvalue weighted by Crippen LogP contribution is 2.24. The molecule has 0 amide bonds. The number of sulfonamides is 1. The van der Waals surface area contributed by atoms with Crippen molar-refractivity contribution in [1.82, 2.24) is 15.0 Å². The van der Waals surface area contributed by atoms with Crippen LogP contribution in [-0.4, -0.2) is 29.6 Å². The van der Waals surface area contributed by atoms with E-state index < -0.39 is 15.8 Å². The van der Waals surface area contributed by atoms with E-state index in [-0.39, 0.29) is 0 Å². The molecule has 0 saturated carbocycles. The molecule has 0 aliphatic carbocycles. The molecule has 0 aliphatic heterocycles.